The lowest BCUT2D eigenvalue weighted by Gasteiger charge is -2.35. The minimum absolute atomic E-state index is 0.0798. The van der Waals surface area contributed by atoms with Gasteiger partial charge in [-0.15, -0.1) is 0 Å². The van der Waals surface area contributed by atoms with Gasteiger partial charge in [-0.1, -0.05) is 23.2 Å². The zero-order chi connectivity index (χ0) is 22.2. The summed E-state index contributed by atoms with van der Waals surface area (Å²) < 4.78 is 5.98. The molecule has 9 heteroatoms. The SMILES string of the molecule is Cc1ccc(-c2ncccn2)c(C(=O)N2CC3CC3CC2COc2cc(Cl)nc(Cl)c2)n1. The van der Waals surface area contributed by atoms with Crippen LogP contribution in [0, 0.1) is 18.8 Å². The number of nitrogens with zero attached hydrogens (tertiary/aromatic N) is 5. The quantitative estimate of drug-likeness (QED) is 0.512. The summed E-state index contributed by atoms with van der Waals surface area (Å²) in [7, 11) is 0. The molecule has 0 bridgehead atoms. The van der Waals surface area contributed by atoms with Gasteiger partial charge in [0.1, 0.15) is 28.4 Å². The van der Waals surface area contributed by atoms with Crippen molar-refractivity contribution in [1.29, 1.82) is 0 Å². The molecule has 32 heavy (non-hydrogen) atoms. The van der Waals surface area contributed by atoms with Gasteiger partial charge in [-0.25, -0.2) is 19.9 Å². The molecule has 164 valence electrons. The van der Waals surface area contributed by atoms with Gasteiger partial charge in [0.05, 0.1) is 11.6 Å². The second-order valence-corrected chi connectivity index (χ2v) is 9.06. The van der Waals surface area contributed by atoms with Crippen LogP contribution in [0.2, 0.25) is 10.3 Å². The van der Waals surface area contributed by atoms with Gasteiger partial charge in [-0.2, -0.15) is 0 Å². The lowest BCUT2D eigenvalue weighted by molar-refractivity contribution is 0.0507. The average Bonchev–Trinajstić information content (AvgIpc) is 3.55. The molecule has 1 saturated carbocycles. The minimum Gasteiger partial charge on any atom is -0.491 e. The molecule has 3 aromatic rings. The van der Waals surface area contributed by atoms with Gasteiger partial charge in [0.25, 0.3) is 5.91 Å². The fourth-order valence-corrected chi connectivity index (χ4v) is 4.74. The van der Waals surface area contributed by atoms with E-state index in [4.69, 9.17) is 27.9 Å². The standard InChI is InChI=1S/C23H21Cl2N5O2/c1-13-3-4-18(22-26-5-2-6-27-22)21(28-13)23(31)30-11-15-7-14(15)8-16(30)12-32-17-9-19(24)29-20(25)10-17/h2-6,9-10,14-16H,7-8,11-12H2,1H3. The van der Waals surface area contributed by atoms with Gasteiger partial charge >= 0.3 is 0 Å². The fraction of sp³-hybridized carbons (Fsp3) is 0.348. The van der Waals surface area contributed by atoms with Gasteiger partial charge in [0.15, 0.2) is 5.82 Å². The number of carbonyl (C=O) groups is 1. The molecule has 1 amide bonds. The monoisotopic (exact) mass is 469 g/mol. The summed E-state index contributed by atoms with van der Waals surface area (Å²) in [6.45, 7) is 2.91. The van der Waals surface area contributed by atoms with Crippen LogP contribution in [-0.4, -0.2) is 49.9 Å². The third kappa shape index (κ3) is 4.40. The Morgan fingerprint density at radius 2 is 1.84 bits per heavy atom. The van der Waals surface area contributed by atoms with E-state index in [1.165, 1.54) is 0 Å². The Balaban J connectivity index is 1.42. The summed E-state index contributed by atoms with van der Waals surface area (Å²) in [5.41, 5.74) is 1.77. The molecule has 0 aromatic carbocycles. The smallest absolute Gasteiger partial charge is 0.273 e. The first-order valence-electron chi connectivity index (χ1n) is 10.5. The van der Waals surface area contributed by atoms with E-state index in [0.717, 1.165) is 18.5 Å². The Morgan fingerprint density at radius 3 is 2.59 bits per heavy atom. The topological polar surface area (TPSA) is 81.1 Å². The number of aromatic nitrogens is 4. The Labute approximate surface area is 195 Å². The normalized spacial score (nSPS) is 21.7. The number of amides is 1. The molecule has 7 nitrogen and oxygen atoms in total. The third-order valence-electron chi connectivity index (χ3n) is 6.00. The maximum absolute atomic E-state index is 13.7. The summed E-state index contributed by atoms with van der Waals surface area (Å²) in [5, 5.41) is 0.533. The molecule has 1 aliphatic carbocycles. The van der Waals surface area contributed by atoms with E-state index in [-0.39, 0.29) is 22.3 Å². The van der Waals surface area contributed by atoms with Crippen LogP contribution in [0.15, 0.2) is 42.7 Å². The van der Waals surface area contributed by atoms with Gasteiger partial charge < -0.3 is 9.64 Å². The van der Waals surface area contributed by atoms with E-state index in [0.29, 0.717) is 47.8 Å². The number of hydrogen-bond donors (Lipinski definition) is 0. The second kappa shape index (κ2) is 8.64. The Hall–Kier alpha value is -2.77. The first-order valence-corrected chi connectivity index (χ1v) is 11.3. The number of halogens is 2. The molecule has 2 aliphatic rings. The van der Waals surface area contributed by atoms with Crippen LogP contribution in [0.5, 0.6) is 5.75 Å². The predicted molar refractivity (Wildman–Crippen MR) is 121 cm³/mol. The summed E-state index contributed by atoms with van der Waals surface area (Å²) >= 11 is 12.0. The molecule has 3 unspecified atom stereocenters. The molecule has 0 radical (unpaired) electrons. The largest absolute Gasteiger partial charge is 0.491 e. The molecule has 1 saturated heterocycles. The molecule has 3 aromatic heterocycles. The Bertz CT molecular complexity index is 1140. The van der Waals surface area contributed by atoms with Crippen molar-refractivity contribution in [3.05, 3.63) is 64.4 Å². The van der Waals surface area contributed by atoms with E-state index in [1.807, 2.05) is 24.0 Å². The van der Waals surface area contributed by atoms with Crippen molar-refractivity contribution >= 4 is 29.1 Å². The lowest BCUT2D eigenvalue weighted by atomic mass is 10.0. The number of likely N-dealkylation sites (tertiary alicyclic amines) is 1. The van der Waals surface area contributed by atoms with Crippen LogP contribution in [-0.2, 0) is 0 Å². The Morgan fingerprint density at radius 1 is 1.09 bits per heavy atom. The maximum Gasteiger partial charge on any atom is 0.273 e. The number of aryl methyl sites for hydroxylation is 1. The number of ether oxygens (including phenoxy) is 1. The number of carbonyl (C=O) groups excluding carboxylic acids is 1. The first kappa shape index (κ1) is 21.1. The fourth-order valence-electron chi connectivity index (χ4n) is 4.30. The predicted octanol–water partition coefficient (Wildman–Crippen LogP) is 4.48. The zero-order valence-electron chi connectivity index (χ0n) is 17.4. The summed E-state index contributed by atoms with van der Waals surface area (Å²) in [6.07, 6.45) is 5.36. The average molecular weight is 470 g/mol. The van der Waals surface area contributed by atoms with Crippen LogP contribution in [0.25, 0.3) is 11.4 Å². The van der Waals surface area contributed by atoms with Crippen molar-refractivity contribution in [1.82, 2.24) is 24.8 Å². The number of hydrogen-bond acceptors (Lipinski definition) is 6. The highest BCUT2D eigenvalue weighted by Gasteiger charge is 2.47. The molecule has 1 aliphatic heterocycles. The number of fused-ring (bicyclic) bond motifs is 1. The third-order valence-corrected chi connectivity index (χ3v) is 6.39. The van der Waals surface area contributed by atoms with Gasteiger partial charge in [-0.3, -0.25) is 4.79 Å². The van der Waals surface area contributed by atoms with E-state index in [9.17, 15) is 4.79 Å². The number of piperidine rings is 1. The van der Waals surface area contributed by atoms with Crippen molar-refractivity contribution in [2.24, 2.45) is 11.8 Å². The Kier molecular flexibility index (Phi) is 5.69. The zero-order valence-corrected chi connectivity index (χ0v) is 18.9. The van der Waals surface area contributed by atoms with Crippen molar-refractivity contribution in [2.45, 2.75) is 25.8 Å². The van der Waals surface area contributed by atoms with Crippen molar-refractivity contribution < 1.29 is 9.53 Å². The number of pyridine rings is 2. The second-order valence-electron chi connectivity index (χ2n) is 8.28. The lowest BCUT2D eigenvalue weighted by Crippen LogP contribution is -2.48. The van der Waals surface area contributed by atoms with E-state index in [1.54, 1.807) is 30.6 Å². The van der Waals surface area contributed by atoms with Crippen LogP contribution < -0.4 is 4.74 Å². The summed E-state index contributed by atoms with van der Waals surface area (Å²) in [6, 6.07) is 8.64. The first-order chi connectivity index (χ1) is 15.5. The molecular formula is C23H21Cl2N5O2. The van der Waals surface area contributed by atoms with Crippen LogP contribution in [0.4, 0.5) is 0 Å². The van der Waals surface area contributed by atoms with Crippen LogP contribution in [0.1, 0.15) is 29.0 Å². The summed E-state index contributed by atoms with van der Waals surface area (Å²) in [4.78, 5) is 32.8. The molecular weight excluding hydrogens is 449 g/mol. The number of rotatable bonds is 5. The van der Waals surface area contributed by atoms with Gasteiger partial charge in [0, 0.05) is 36.8 Å². The van der Waals surface area contributed by atoms with E-state index in [2.05, 4.69) is 19.9 Å². The van der Waals surface area contributed by atoms with Crippen molar-refractivity contribution in [2.75, 3.05) is 13.2 Å². The highest BCUT2D eigenvalue weighted by molar-refractivity contribution is 6.32. The molecule has 2 fully saturated rings. The maximum atomic E-state index is 13.7. The van der Waals surface area contributed by atoms with Crippen LogP contribution in [0.3, 0.4) is 0 Å². The summed E-state index contributed by atoms with van der Waals surface area (Å²) in [5.74, 6) is 2.08. The van der Waals surface area contributed by atoms with Crippen molar-refractivity contribution in [3.8, 4) is 17.1 Å². The molecule has 3 atom stereocenters. The van der Waals surface area contributed by atoms with Crippen molar-refractivity contribution in [3.63, 3.8) is 0 Å². The molecule has 5 rings (SSSR count). The van der Waals surface area contributed by atoms with Gasteiger partial charge in [-0.05, 0) is 49.8 Å². The van der Waals surface area contributed by atoms with E-state index < -0.39 is 0 Å². The van der Waals surface area contributed by atoms with Gasteiger partial charge in [0.2, 0.25) is 0 Å². The van der Waals surface area contributed by atoms with Crippen LogP contribution >= 0.6 is 23.2 Å². The van der Waals surface area contributed by atoms with E-state index >= 15 is 0 Å². The highest BCUT2D eigenvalue weighted by Crippen LogP contribution is 2.47. The molecule has 0 spiro atoms. The molecule has 0 N–H and O–H groups in total. The highest BCUT2D eigenvalue weighted by atomic mass is 35.5. The molecule has 4 heterocycles. The minimum atomic E-state index is -0.124.